The van der Waals surface area contributed by atoms with Crippen molar-refractivity contribution in [2.45, 2.75) is 30.6 Å². The van der Waals surface area contributed by atoms with Crippen LogP contribution >= 0.6 is 11.3 Å². The lowest BCUT2D eigenvalue weighted by molar-refractivity contribution is 0.199. The second-order valence-corrected chi connectivity index (χ2v) is 7.56. The van der Waals surface area contributed by atoms with E-state index in [0.717, 1.165) is 16.9 Å². The standard InChI is InChI=1S/C14H17NO3S2/c1-3-13-8-9-14(19-13)20(17,18)15-12-6-4-11(5-7-12)10(2)16/h4-10,15-16H,3H2,1-2H3. The number of rotatable bonds is 5. The van der Waals surface area contributed by atoms with Gasteiger partial charge in [-0.2, -0.15) is 0 Å². The van der Waals surface area contributed by atoms with Gasteiger partial charge in [0, 0.05) is 10.6 Å². The van der Waals surface area contributed by atoms with Gasteiger partial charge in [-0.25, -0.2) is 8.42 Å². The van der Waals surface area contributed by atoms with Crippen molar-refractivity contribution in [3.05, 3.63) is 46.8 Å². The summed E-state index contributed by atoms with van der Waals surface area (Å²) in [6.07, 6.45) is 0.258. The minimum absolute atomic E-state index is 0.314. The molecule has 1 aromatic carbocycles. The molecule has 0 aliphatic carbocycles. The molecule has 0 spiro atoms. The molecule has 1 heterocycles. The number of benzene rings is 1. The van der Waals surface area contributed by atoms with E-state index in [9.17, 15) is 13.5 Å². The van der Waals surface area contributed by atoms with Crippen molar-refractivity contribution >= 4 is 27.0 Å². The number of nitrogens with one attached hydrogen (secondary N) is 1. The van der Waals surface area contributed by atoms with Crippen LogP contribution in [-0.2, 0) is 16.4 Å². The minimum Gasteiger partial charge on any atom is -0.389 e. The number of sulfonamides is 1. The molecule has 0 fully saturated rings. The second-order valence-electron chi connectivity index (χ2n) is 4.48. The zero-order valence-electron chi connectivity index (χ0n) is 11.3. The Labute approximate surface area is 123 Å². The van der Waals surface area contributed by atoms with Gasteiger partial charge in [0.2, 0.25) is 0 Å². The summed E-state index contributed by atoms with van der Waals surface area (Å²) in [6, 6.07) is 10.1. The predicted molar refractivity (Wildman–Crippen MR) is 81.6 cm³/mol. The number of aliphatic hydroxyl groups is 1. The Bertz CT molecular complexity index is 673. The van der Waals surface area contributed by atoms with Crippen molar-refractivity contribution in [3.63, 3.8) is 0 Å². The SMILES string of the molecule is CCc1ccc(S(=O)(=O)Nc2ccc(C(C)O)cc2)s1. The highest BCUT2D eigenvalue weighted by atomic mass is 32.2. The molecule has 2 N–H and O–H groups in total. The summed E-state index contributed by atoms with van der Waals surface area (Å²) in [7, 11) is -3.53. The zero-order valence-corrected chi connectivity index (χ0v) is 13.0. The fourth-order valence-electron chi connectivity index (χ4n) is 1.73. The van der Waals surface area contributed by atoms with E-state index in [-0.39, 0.29) is 0 Å². The lowest BCUT2D eigenvalue weighted by Crippen LogP contribution is -2.11. The van der Waals surface area contributed by atoms with Crippen molar-refractivity contribution in [1.29, 1.82) is 0 Å². The Kier molecular flexibility index (Phi) is 4.47. The monoisotopic (exact) mass is 311 g/mol. The van der Waals surface area contributed by atoms with Crippen LogP contribution in [-0.4, -0.2) is 13.5 Å². The fourth-order valence-corrected chi connectivity index (χ4v) is 4.08. The maximum Gasteiger partial charge on any atom is 0.271 e. The Morgan fingerprint density at radius 1 is 1.20 bits per heavy atom. The number of aliphatic hydroxyl groups excluding tert-OH is 1. The third kappa shape index (κ3) is 3.39. The molecule has 1 unspecified atom stereocenters. The molecule has 2 aromatic rings. The third-order valence-corrected chi connectivity index (χ3v) is 6.00. The summed E-state index contributed by atoms with van der Waals surface area (Å²) in [6.45, 7) is 3.65. The highest BCUT2D eigenvalue weighted by molar-refractivity contribution is 7.94. The molecule has 2 rings (SSSR count). The highest BCUT2D eigenvalue weighted by Gasteiger charge is 2.16. The van der Waals surface area contributed by atoms with Crippen LogP contribution in [0.15, 0.2) is 40.6 Å². The van der Waals surface area contributed by atoms with Crippen molar-refractivity contribution in [3.8, 4) is 0 Å². The van der Waals surface area contributed by atoms with Crippen LogP contribution < -0.4 is 4.72 Å². The summed E-state index contributed by atoms with van der Waals surface area (Å²) in [5.74, 6) is 0. The molecular formula is C14H17NO3S2. The molecular weight excluding hydrogens is 294 g/mol. The van der Waals surface area contributed by atoms with Gasteiger partial charge in [-0.3, -0.25) is 4.72 Å². The summed E-state index contributed by atoms with van der Waals surface area (Å²) < 4.78 is 27.3. The van der Waals surface area contributed by atoms with E-state index >= 15 is 0 Å². The molecule has 0 amide bonds. The van der Waals surface area contributed by atoms with Crippen LogP contribution in [0.4, 0.5) is 5.69 Å². The molecule has 0 aliphatic rings. The number of aryl methyl sites for hydroxylation is 1. The van der Waals surface area contributed by atoms with Crippen molar-refractivity contribution in [1.82, 2.24) is 0 Å². The molecule has 0 saturated heterocycles. The molecule has 1 atom stereocenters. The van der Waals surface area contributed by atoms with Gasteiger partial charge in [-0.15, -0.1) is 11.3 Å². The van der Waals surface area contributed by atoms with E-state index in [2.05, 4.69) is 4.72 Å². The Morgan fingerprint density at radius 2 is 1.85 bits per heavy atom. The van der Waals surface area contributed by atoms with Crippen molar-refractivity contribution in [2.24, 2.45) is 0 Å². The first-order valence-electron chi connectivity index (χ1n) is 6.32. The molecule has 0 saturated carbocycles. The van der Waals surface area contributed by atoms with Gasteiger partial charge in [-0.05, 0) is 43.2 Å². The molecule has 0 bridgehead atoms. The van der Waals surface area contributed by atoms with Crippen LogP contribution in [0.3, 0.4) is 0 Å². The van der Waals surface area contributed by atoms with Gasteiger partial charge >= 0.3 is 0 Å². The number of hydrogen-bond donors (Lipinski definition) is 2. The number of hydrogen-bond acceptors (Lipinski definition) is 4. The molecule has 1 aromatic heterocycles. The van der Waals surface area contributed by atoms with E-state index in [0.29, 0.717) is 9.90 Å². The molecule has 20 heavy (non-hydrogen) atoms. The van der Waals surface area contributed by atoms with Gasteiger partial charge in [-0.1, -0.05) is 19.1 Å². The van der Waals surface area contributed by atoms with Gasteiger partial charge in [0.25, 0.3) is 10.0 Å². The molecule has 6 heteroatoms. The molecule has 0 aliphatic heterocycles. The van der Waals surface area contributed by atoms with Crippen LogP contribution in [0, 0.1) is 0 Å². The van der Waals surface area contributed by atoms with Crippen LogP contribution in [0.5, 0.6) is 0 Å². The number of thiophene rings is 1. The van der Waals surface area contributed by atoms with E-state index in [1.165, 1.54) is 11.3 Å². The first-order chi connectivity index (χ1) is 9.42. The van der Waals surface area contributed by atoms with Crippen LogP contribution in [0.1, 0.15) is 30.4 Å². The van der Waals surface area contributed by atoms with Crippen LogP contribution in [0.25, 0.3) is 0 Å². The molecule has 4 nitrogen and oxygen atoms in total. The quantitative estimate of drug-likeness (QED) is 0.891. The lowest BCUT2D eigenvalue weighted by Gasteiger charge is -2.08. The summed E-state index contributed by atoms with van der Waals surface area (Å²) in [5, 5.41) is 9.42. The van der Waals surface area contributed by atoms with Crippen molar-refractivity contribution in [2.75, 3.05) is 4.72 Å². The largest absolute Gasteiger partial charge is 0.389 e. The van der Waals surface area contributed by atoms with E-state index in [1.54, 1.807) is 37.3 Å². The van der Waals surface area contributed by atoms with Gasteiger partial charge in [0.15, 0.2) is 0 Å². The normalized spacial score (nSPS) is 13.2. The van der Waals surface area contributed by atoms with E-state index in [1.807, 2.05) is 13.0 Å². The Morgan fingerprint density at radius 3 is 2.35 bits per heavy atom. The predicted octanol–water partition coefficient (Wildman–Crippen LogP) is 3.16. The van der Waals surface area contributed by atoms with Gasteiger partial charge in [0.05, 0.1) is 6.10 Å². The zero-order chi connectivity index (χ0) is 14.8. The molecule has 108 valence electrons. The first kappa shape index (κ1) is 15.0. The summed E-state index contributed by atoms with van der Waals surface area (Å²) in [4.78, 5) is 1.04. The van der Waals surface area contributed by atoms with E-state index in [4.69, 9.17) is 0 Å². The maximum atomic E-state index is 12.2. The van der Waals surface area contributed by atoms with Crippen molar-refractivity contribution < 1.29 is 13.5 Å². The molecule has 0 radical (unpaired) electrons. The first-order valence-corrected chi connectivity index (χ1v) is 8.62. The summed E-state index contributed by atoms with van der Waals surface area (Å²) >= 11 is 1.28. The summed E-state index contributed by atoms with van der Waals surface area (Å²) in [5.41, 5.74) is 1.23. The van der Waals surface area contributed by atoms with Gasteiger partial charge < -0.3 is 5.11 Å². The number of anilines is 1. The average Bonchev–Trinajstić information content (AvgIpc) is 2.88. The lowest BCUT2D eigenvalue weighted by atomic mass is 10.1. The smallest absolute Gasteiger partial charge is 0.271 e. The second kappa shape index (κ2) is 5.95. The van der Waals surface area contributed by atoms with Crippen LogP contribution in [0.2, 0.25) is 0 Å². The van der Waals surface area contributed by atoms with E-state index < -0.39 is 16.1 Å². The Hall–Kier alpha value is -1.37. The maximum absolute atomic E-state index is 12.2. The Balaban J connectivity index is 2.19. The fraction of sp³-hybridized carbons (Fsp3) is 0.286. The third-order valence-electron chi connectivity index (χ3n) is 2.90. The average molecular weight is 311 g/mol. The topological polar surface area (TPSA) is 66.4 Å². The minimum atomic E-state index is -3.53. The van der Waals surface area contributed by atoms with Gasteiger partial charge in [0.1, 0.15) is 4.21 Å². The highest BCUT2D eigenvalue weighted by Crippen LogP contribution is 2.25.